The van der Waals surface area contributed by atoms with Crippen LogP contribution in [0.2, 0.25) is 0 Å². The molecule has 0 amide bonds. The Balaban J connectivity index is 1.33. The number of hydrogen-bond donors (Lipinski definition) is 0. The summed E-state index contributed by atoms with van der Waals surface area (Å²) in [5.41, 5.74) is 6.72. The fraction of sp³-hybridized carbons (Fsp3) is 0. The molecule has 0 bridgehead atoms. The second-order valence-electron chi connectivity index (χ2n) is 11.3. The van der Waals surface area contributed by atoms with E-state index in [-0.39, 0.29) is 0 Å². The van der Waals surface area contributed by atoms with Gasteiger partial charge in [-0.3, -0.25) is 0 Å². The van der Waals surface area contributed by atoms with E-state index in [0.29, 0.717) is 17.5 Å². The molecule has 0 aliphatic heterocycles. The number of fused-ring (bicyclic) bond motifs is 5. The molecule has 9 aromatic rings. The summed E-state index contributed by atoms with van der Waals surface area (Å²) in [4.78, 5) is 15.4. The number of rotatable bonds is 4. The van der Waals surface area contributed by atoms with Crippen molar-refractivity contribution >= 4 is 43.5 Å². The highest BCUT2D eigenvalue weighted by molar-refractivity contribution is 6.06. The molecule has 0 unspecified atom stereocenters. The van der Waals surface area contributed by atoms with Crippen LogP contribution in [0.25, 0.3) is 88.8 Å². The topological polar surface area (TPSA) is 51.8 Å². The number of hydrogen-bond acceptors (Lipinski definition) is 4. The van der Waals surface area contributed by atoms with Crippen molar-refractivity contribution in [2.24, 2.45) is 0 Å². The molecule has 0 aliphatic rings. The van der Waals surface area contributed by atoms with E-state index >= 15 is 0 Å². The van der Waals surface area contributed by atoms with Gasteiger partial charge >= 0.3 is 0 Å². The minimum Gasteiger partial charge on any atom is -0.456 e. The Labute approximate surface area is 259 Å². The minimum absolute atomic E-state index is 0.614. The summed E-state index contributed by atoms with van der Waals surface area (Å²) in [6, 6.07) is 52.3. The normalized spacial score (nSPS) is 11.6. The van der Waals surface area contributed by atoms with Crippen molar-refractivity contribution in [1.29, 1.82) is 0 Å². The van der Waals surface area contributed by atoms with Gasteiger partial charge < -0.3 is 4.42 Å². The van der Waals surface area contributed by atoms with Crippen molar-refractivity contribution in [3.8, 4) is 45.3 Å². The molecule has 45 heavy (non-hydrogen) atoms. The molecule has 0 fully saturated rings. The molecule has 0 aliphatic carbocycles. The van der Waals surface area contributed by atoms with E-state index in [1.54, 1.807) is 0 Å². The van der Waals surface area contributed by atoms with Crippen molar-refractivity contribution < 1.29 is 4.42 Å². The van der Waals surface area contributed by atoms with Crippen molar-refractivity contribution in [3.05, 3.63) is 152 Å². The maximum Gasteiger partial charge on any atom is 0.165 e. The number of aromatic nitrogens is 3. The highest BCUT2D eigenvalue weighted by Crippen LogP contribution is 2.39. The van der Waals surface area contributed by atoms with E-state index < -0.39 is 0 Å². The molecule has 0 N–H and O–H groups in total. The molecular weight excluding hydrogens is 550 g/mol. The van der Waals surface area contributed by atoms with Crippen LogP contribution in [-0.2, 0) is 0 Å². The Bertz CT molecular complexity index is 2550. The third-order valence-electron chi connectivity index (χ3n) is 8.52. The van der Waals surface area contributed by atoms with Crippen LogP contribution in [-0.4, -0.2) is 15.0 Å². The van der Waals surface area contributed by atoms with Gasteiger partial charge in [0.1, 0.15) is 11.2 Å². The van der Waals surface area contributed by atoms with Gasteiger partial charge in [-0.25, -0.2) is 15.0 Å². The average molecular weight is 576 g/mol. The standard InChI is InChI=1S/C41H25N3O/c1-2-12-28(13-3-1)39-42-40(31-21-23-37-35(25-31)34-16-8-9-17-36(34)45-37)44-41(43-39)38-32-15-7-6-11-27(32)20-22-33(38)30-19-18-26-10-4-5-14-29(26)24-30/h1-25H. The van der Waals surface area contributed by atoms with Gasteiger partial charge in [0.15, 0.2) is 17.5 Å². The zero-order valence-corrected chi connectivity index (χ0v) is 24.2. The molecule has 2 heterocycles. The van der Waals surface area contributed by atoms with E-state index in [9.17, 15) is 0 Å². The number of para-hydroxylation sites is 1. The molecular formula is C41H25N3O. The largest absolute Gasteiger partial charge is 0.456 e. The summed E-state index contributed by atoms with van der Waals surface area (Å²) >= 11 is 0. The summed E-state index contributed by atoms with van der Waals surface area (Å²) in [6.07, 6.45) is 0. The van der Waals surface area contributed by atoms with Gasteiger partial charge in [0, 0.05) is 27.5 Å². The maximum absolute atomic E-state index is 6.12. The summed E-state index contributed by atoms with van der Waals surface area (Å²) in [5.74, 6) is 1.88. The molecule has 0 atom stereocenters. The van der Waals surface area contributed by atoms with Gasteiger partial charge in [0.05, 0.1) is 0 Å². The second-order valence-corrected chi connectivity index (χ2v) is 11.3. The average Bonchev–Trinajstić information content (AvgIpc) is 3.49. The van der Waals surface area contributed by atoms with Crippen LogP contribution in [0, 0.1) is 0 Å². The second kappa shape index (κ2) is 10.2. The highest BCUT2D eigenvalue weighted by Gasteiger charge is 2.19. The van der Waals surface area contributed by atoms with Crippen LogP contribution >= 0.6 is 0 Å². The smallest absolute Gasteiger partial charge is 0.165 e. The fourth-order valence-corrected chi connectivity index (χ4v) is 6.31. The van der Waals surface area contributed by atoms with Gasteiger partial charge in [0.2, 0.25) is 0 Å². The Morgan fingerprint density at radius 2 is 0.978 bits per heavy atom. The number of benzene rings is 7. The van der Waals surface area contributed by atoms with E-state index in [2.05, 4.69) is 91.0 Å². The monoisotopic (exact) mass is 575 g/mol. The first-order chi connectivity index (χ1) is 22.3. The molecule has 7 aromatic carbocycles. The van der Waals surface area contributed by atoms with Crippen LogP contribution in [0.1, 0.15) is 0 Å². The molecule has 2 aromatic heterocycles. The predicted octanol–water partition coefficient (Wildman–Crippen LogP) is 10.7. The van der Waals surface area contributed by atoms with Crippen LogP contribution in [0.3, 0.4) is 0 Å². The van der Waals surface area contributed by atoms with Gasteiger partial charge in [-0.15, -0.1) is 0 Å². The van der Waals surface area contributed by atoms with Crippen LogP contribution in [0.15, 0.2) is 156 Å². The Kier molecular flexibility index (Phi) is 5.78. The molecule has 4 heteroatoms. The zero-order valence-electron chi connectivity index (χ0n) is 24.2. The van der Waals surface area contributed by atoms with Crippen molar-refractivity contribution in [2.45, 2.75) is 0 Å². The quantitative estimate of drug-likeness (QED) is 0.209. The first kappa shape index (κ1) is 25.4. The lowest BCUT2D eigenvalue weighted by Crippen LogP contribution is -2.01. The summed E-state index contributed by atoms with van der Waals surface area (Å²) in [6.45, 7) is 0. The Hall–Kier alpha value is -6.13. The molecule has 9 rings (SSSR count). The number of furan rings is 1. The first-order valence-corrected chi connectivity index (χ1v) is 15.0. The molecule has 0 saturated carbocycles. The summed E-state index contributed by atoms with van der Waals surface area (Å²) in [7, 11) is 0. The zero-order chi connectivity index (χ0) is 29.7. The molecule has 0 saturated heterocycles. The summed E-state index contributed by atoms with van der Waals surface area (Å²) in [5, 5.41) is 6.73. The minimum atomic E-state index is 0.614. The van der Waals surface area contributed by atoms with Crippen LogP contribution in [0.5, 0.6) is 0 Å². The van der Waals surface area contributed by atoms with E-state index in [1.807, 2.05) is 60.7 Å². The van der Waals surface area contributed by atoms with Gasteiger partial charge in [-0.05, 0) is 63.0 Å². The first-order valence-electron chi connectivity index (χ1n) is 15.0. The van der Waals surface area contributed by atoms with Crippen LogP contribution in [0.4, 0.5) is 0 Å². The highest BCUT2D eigenvalue weighted by atomic mass is 16.3. The molecule has 210 valence electrons. The lowest BCUT2D eigenvalue weighted by Gasteiger charge is -2.15. The molecule has 0 spiro atoms. The maximum atomic E-state index is 6.12. The van der Waals surface area contributed by atoms with Crippen molar-refractivity contribution in [2.75, 3.05) is 0 Å². The molecule has 4 nitrogen and oxygen atoms in total. The predicted molar refractivity (Wildman–Crippen MR) is 184 cm³/mol. The van der Waals surface area contributed by atoms with Crippen molar-refractivity contribution in [3.63, 3.8) is 0 Å². The summed E-state index contributed by atoms with van der Waals surface area (Å²) < 4.78 is 6.12. The van der Waals surface area contributed by atoms with Crippen LogP contribution < -0.4 is 0 Å². The third-order valence-corrected chi connectivity index (χ3v) is 8.52. The van der Waals surface area contributed by atoms with Gasteiger partial charge in [-0.1, -0.05) is 121 Å². The van der Waals surface area contributed by atoms with E-state index in [4.69, 9.17) is 19.4 Å². The fourth-order valence-electron chi connectivity index (χ4n) is 6.31. The number of nitrogens with zero attached hydrogens (tertiary/aromatic N) is 3. The lowest BCUT2D eigenvalue weighted by molar-refractivity contribution is 0.669. The van der Waals surface area contributed by atoms with E-state index in [1.165, 1.54) is 10.8 Å². The van der Waals surface area contributed by atoms with E-state index in [0.717, 1.165) is 60.5 Å². The van der Waals surface area contributed by atoms with Gasteiger partial charge in [-0.2, -0.15) is 0 Å². The third kappa shape index (κ3) is 4.35. The lowest BCUT2D eigenvalue weighted by atomic mass is 9.92. The van der Waals surface area contributed by atoms with Gasteiger partial charge in [0.25, 0.3) is 0 Å². The Morgan fingerprint density at radius 3 is 1.84 bits per heavy atom. The SMILES string of the molecule is c1ccc(-c2nc(-c3ccc4oc5ccccc5c4c3)nc(-c3c(-c4ccc5ccccc5c4)ccc4ccccc34)n2)cc1. The van der Waals surface area contributed by atoms with Crippen molar-refractivity contribution in [1.82, 2.24) is 15.0 Å². The molecule has 0 radical (unpaired) electrons. The Morgan fingerprint density at radius 1 is 0.356 bits per heavy atom.